The van der Waals surface area contributed by atoms with E-state index in [9.17, 15) is 9.59 Å². The Labute approximate surface area is 106 Å². The SMILES string of the molecule is CC(CNC(=O)c1cccc(C(=O)O)c1)N(C)C. The van der Waals surface area contributed by atoms with Crippen molar-refractivity contribution in [3.63, 3.8) is 0 Å². The van der Waals surface area contributed by atoms with E-state index in [4.69, 9.17) is 5.11 Å². The Bertz CT molecular complexity index is 444. The van der Waals surface area contributed by atoms with Gasteiger partial charge in [0.25, 0.3) is 5.91 Å². The third kappa shape index (κ3) is 3.85. The lowest BCUT2D eigenvalue weighted by Gasteiger charge is -2.19. The van der Waals surface area contributed by atoms with E-state index < -0.39 is 5.97 Å². The second-order valence-corrected chi connectivity index (χ2v) is 4.41. The first-order valence-electron chi connectivity index (χ1n) is 5.70. The minimum Gasteiger partial charge on any atom is -0.478 e. The number of benzene rings is 1. The van der Waals surface area contributed by atoms with Gasteiger partial charge in [0.05, 0.1) is 5.56 Å². The third-order valence-corrected chi connectivity index (χ3v) is 2.81. The van der Waals surface area contributed by atoms with Crippen LogP contribution < -0.4 is 5.32 Å². The Hall–Kier alpha value is -1.88. The van der Waals surface area contributed by atoms with Gasteiger partial charge in [-0.25, -0.2) is 4.79 Å². The Morgan fingerprint density at radius 2 is 1.94 bits per heavy atom. The van der Waals surface area contributed by atoms with E-state index in [-0.39, 0.29) is 17.5 Å². The molecule has 5 heteroatoms. The van der Waals surface area contributed by atoms with Gasteiger partial charge in [-0.3, -0.25) is 4.79 Å². The standard InChI is InChI=1S/C13H18N2O3/c1-9(15(2)3)8-14-12(16)10-5-4-6-11(7-10)13(17)18/h4-7,9H,8H2,1-3H3,(H,14,16)(H,17,18). The molecular formula is C13H18N2O3. The summed E-state index contributed by atoms with van der Waals surface area (Å²) in [4.78, 5) is 24.6. The van der Waals surface area contributed by atoms with Crippen molar-refractivity contribution in [1.82, 2.24) is 10.2 Å². The first-order chi connectivity index (χ1) is 8.41. The van der Waals surface area contributed by atoms with E-state index in [1.165, 1.54) is 12.1 Å². The van der Waals surface area contributed by atoms with Crippen LogP contribution in [-0.4, -0.2) is 48.6 Å². The Morgan fingerprint density at radius 3 is 2.50 bits per heavy atom. The lowest BCUT2D eigenvalue weighted by atomic mass is 10.1. The maximum atomic E-state index is 11.8. The molecule has 0 saturated heterocycles. The molecule has 1 unspecified atom stereocenters. The van der Waals surface area contributed by atoms with Crippen LogP contribution in [0.2, 0.25) is 0 Å². The van der Waals surface area contributed by atoms with Crippen LogP contribution in [0.3, 0.4) is 0 Å². The molecule has 0 radical (unpaired) electrons. The predicted molar refractivity (Wildman–Crippen MR) is 68.9 cm³/mol. The molecule has 1 rings (SSSR count). The first-order valence-corrected chi connectivity index (χ1v) is 5.70. The molecule has 18 heavy (non-hydrogen) atoms. The van der Waals surface area contributed by atoms with E-state index in [2.05, 4.69) is 5.32 Å². The van der Waals surface area contributed by atoms with Crippen molar-refractivity contribution < 1.29 is 14.7 Å². The fourth-order valence-electron chi connectivity index (χ4n) is 1.32. The summed E-state index contributed by atoms with van der Waals surface area (Å²) in [5.74, 6) is -1.29. The zero-order chi connectivity index (χ0) is 13.7. The van der Waals surface area contributed by atoms with Crippen molar-refractivity contribution in [2.45, 2.75) is 13.0 Å². The number of rotatable bonds is 5. The maximum absolute atomic E-state index is 11.8. The van der Waals surface area contributed by atoms with E-state index in [1.54, 1.807) is 12.1 Å². The van der Waals surface area contributed by atoms with Crippen LogP contribution in [0.1, 0.15) is 27.6 Å². The predicted octanol–water partition coefficient (Wildman–Crippen LogP) is 1.06. The van der Waals surface area contributed by atoms with Gasteiger partial charge in [-0.05, 0) is 39.2 Å². The lowest BCUT2D eigenvalue weighted by Crippen LogP contribution is -2.38. The molecule has 0 fully saturated rings. The molecular weight excluding hydrogens is 232 g/mol. The van der Waals surface area contributed by atoms with E-state index in [1.807, 2.05) is 25.9 Å². The summed E-state index contributed by atoms with van der Waals surface area (Å²) < 4.78 is 0. The van der Waals surface area contributed by atoms with Gasteiger partial charge >= 0.3 is 5.97 Å². The molecule has 5 nitrogen and oxygen atoms in total. The highest BCUT2D eigenvalue weighted by Gasteiger charge is 2.11. The van der Waals surface area contributed by atoms with Crippen molar-refractivity contribution in [2.24, 2.45) is 0 Å². The van der Waals surface area contributed by atoms with Crippen LogP contribution in [0.4, 0.5) is 0 Å². The molecule has 1 aromatic carbocycles. The second-order valence-electron chi connectivity index (χ2n) is 4.41. The average Bonchev–Trinajstić information content (AvgIpc) is 2.35. The summed E-state index contributed by atoms with van der Waals surface area (Å²) in [5, 5.41) is 11.6. The molecule has 0 aliphatic rings. The molecule has 2 N–H and O–H groups in total. The molecule has 0 spiro atoms. The molecule has 1 aromatic rings. The Balaban J connectivity index is 2.67. The van der Waals surface area contributed by atoms with E-state index in [0.717, 1.165) is 0 Å². The summed E-state index contributed by atoms with van der Waals surface area (Å²) in [6, 6.07) is 6.21. The van der Waals surface area contributed by atoms with Gasteiger partial charge < -0.3 is 15.3 Å². The summed E-state index contributed by atoms with van der Waals surface area (Å²) in [5.41, 5.74) is 0.476. The fraction of sp³-hybridized carbons (Fsp3) is 0.385. The van der Waals surface area contributed by atoms with Crippen LogP contribution in [0.15, 0.2) is 24.3 Å². The van der Waals surface area contributed by atoms with Gasteiger partial charge in [0, 0.05) is 18.2 Å². The van der Waals surface area contributed by atoms with E-state index in [0.29, 0.717) is 12.1 Å². The molecule has 98 valence electrons. The highest BCUT2D eigenvalue weighted by atomic mass is 16.4. The molecule has 0 bridgehead atoms. The summed E-state index contributed by atoms with van der Waals surface area (Å²) in [6.45, 7) is 2.51. The molecule has 0 aliphatic heterocycles. The maximum Gasteiger partial charge on any atom is 0.335 e. The molecule has 0 saturated carbocycles. The summed E-state index contributed by atoms with van der Waals surface area (Å²) in [7, 11) is 3.86. The van der Waals surface area contributed by atoms with Crippen molar-refractivity contribution in [1.29, 1.82) is 0 Å². The number of carboxylic acid groups (broad SMARTS) is 1. The normalized spacial score (nSPS) is 12.2. The number of aromatic carboxylic acids is 1. The van der Waals surface area contributed by atoms with Gasteiger partial charge in [-0.2, -0.15) is 0 Å². The topological polar surface area (TPSA) is 69.6 Å². The smallest absolute Gasteiger partial charge is 0.335 e. The number of amides is 1. The molecule has 1 atom stereocenters. The summed E-state index contributed by atoms with van der Waals surface area (Å²) >= 11 is 0. The zero-order valence-corrected chi connectivity index (χ0v) is 10.8. The number of likely N-dealkylation sites (N-methyl/N-ethyl adjacent to an activating group) is 1. The number of carbonyl (C=O) groups excluding carboxylic acids is 1. The van der Waals surface area contributed by atoms with Crippen molar-refractivity contribution >= 4 is 11.9 Å². The van der Waals surface area contributed by atoms with Gasteiger partial charge in [0.1, 0.15) is 0 Å². The van der Waals surface area contributed by atoms with Crippen LogP contribution in [0.5, 0.6) is 0 Å². The number of hydrogen-bond donors (Lipinski definition) is 2. The van der Waals surface area contributed by atoms with Crippen LogP contribution >= 0.6 is 0 Å². The second kappa shape index (κ2) is 6.16. The number of nitrogens with one attached hydrogen (secondary N) is 1. The zero-order valence-electron chi connectivity index (χ0n) is 10.8. The quantitative estimate of drug-likeness (QED) is 0.820. The first kappa shape index (κ1) is 14.2. The largest absolute Gasteiger partial charge is 0.478 e. The summed E-state index contributed by atoms with van der Waals surface area (Å²) in [6.07, 6.45) is 0. The average molecular weight is 250 g/mol. The van der Waals surface area contributed by atoms with Crippen LogP contribution in [-0.2, 0) is 0 Å². The Kier molecular flexibility index (Phi) is 4.85. The minimum atomic E-state index is -1.04. The lowest BCUT2D eigenvalue weighted by molar-refractivity contribution is 0.0697. The molecule has 0 aromatic heterocycles. The van der Waals surface area contributed by atoms with Crippen LogP contribution in [0, 0.1) is 0 Å². The number of carbonyl (C=O) groups is 2. The van der Waals surface area contributed by atoms with Crippen LogP contribution in [0.25, 0.3) is 0 Å². The fourth-order valence-corrected chi connectivity index (χ4v) is 1.32. The number of hydrogen-bond acceptors (Lipinski definition) is 3. The highest BCUT2D eigenvalue weighted by molar-refractivity contribution is 5.97. The molecule has 0 aliphatic carbocycles. The molecule has 0 heterocycles. The van der Waals surface area contributed by atoms with Crippen molar-refractivity contribution in [3.8, 4) is 0 Å². The third-order valence-electron chi connectivity index (χ3n) is 2.81. The van der Waals surface area contributed by atoms with Gasteiger partial charge in [0.2, 0.25) is 0 Å². The minimum absolute atomic E-state index is 0.114. The van der Waals surface area contributed by atoms with Gasteiger partial charge in [-0.1, -0.05) is 6.07 Å². The van der Waals surface area contributed by atoms with Crippen molar-refractivity contribution in [3.05, 3.63) is 35.4 Å². The Morgan fingerprint density at radius 1 is 1.33 bits per heavy atom. The number of nitrogens with zero attached hydrogens (tertiary/aromatic N) is 1. The number of carboxylic acids is 1. The monoisotopic (exact) mass is 250 g/mol. The highest BCUT2D eigenvalue weighted by Crippen LogP contribution is 2.05. The van der Waals surface area contributed by atoms with Gasteiger partial charge in [0.15, 0.2) is 0 Å². The van der Waals surface area contributed by atoms with Gasteiger partial charge in [-0.15, -0.1) is 0 Å². The van der Waals surface area contributed by atoms with E-state index >= 15 is 0 Å². The molecule has 1 amide bonds. The van der Waals surface area contributed by atoms with Crippen molar-refractivity contribution in [2.75, 3.05) is 20.6 Å².